The fourth-order valence-corrected chi connectivity index (χ4v) is 5.28. The van der Waals surface area contributed by atoms with Gasteiger partial charge in [0.25, 0.3) is 0 Å². The summed E-state index contributed by atoms with van der Waals surface area (Å²) in [4.78, 5) is 19.7. The Bertz CT molecular complexity index is 968. The number of carbonyl (C=O) groups excluding carboxylic acids is 1. The molecule has 0 aliphatic carbocycles. The molecule has 3 aromatic rings. The van der Waals surface area contributed by atoms with E-state index in [1.54, 1.807) is 23.5 Å². The Balaban J connectivity index is 1.39. The van der Waals surface area contributed by atoms with Crippen molar-refractivity contribution in [3.05, 3.63) is 64.9 Å². The molecule has 1 fully saturated rings. The maximum Gasteiger partial charge on any atom is 0.236 e. The Labute approximate surface area is 181 Å². The molecule has 1 saturated heterocycles. The van der Waals surface area contributed by atoms with Gasteiger partial charge in [0.05, 0.1) is 21.8 Å². The molecule has 0 unspecified atom stereocenters. The molecule has 1 amide bonds. The molecule has 1 N–H and O–H groups in total. The number of hydrogen-bond donors (Lipinski definition) is 1. The van der Waals surface area contributed by atoms with E-state index in [-0.39, 0.29) is 24.3 Å². The zero-order valence-electron chi connectivity index (χ0n) is 17.5. The molecular formula is C24H28FN3OS. The largest absolute Gasteiger partial charge is 0.341 e. The smallest absolute Gasteiger partial charge is 0.236 e. The van der Waals surface area contributed by atoms with Crippen LogP contribution in [0, 0.1) is 11.7 Å². The number of halogens is 1. The molecule has 0 radical (unpaired) electrons. The minimum absolute atomic E-state index is 0.0133. The number of amides is 1. The zero-order valence-corrected chi connectivity index (χ0v) is 18.3. The molecule has 2 heterocycles. The molecule has 6 heteroatoms. The molecule has 0 spiro atoms. The Hall–Kier alpha value is -2.31. The third kappa shape index (κ3) is 4.71. The first-order chi connectivity index (χ1) is 14.5. The summed E-state index contributed by atoms with van der Waals surface area (Å²) >= 11 is 1.74. The highest BCUT2D eigenvalue weighted by molar-refractivity contribution is 7.18. The van der Waals surface area contributed by atoms with E-state index < -0.39 is 0 Å². The van der Waals surface area contributed by atoms with Crippen molar-refractivity contribution in [2.45, 2.75) is 38.6 Å². The molecule has 0 bridgehead atoms. The van der Waals surface area contributed by atoms with Gasteiger partial charge >= 0.3 is 0 Å². The van der Waals surface area contributed by atoms with E-state index in [9.17, 15) is 9.18 Å². The number of carbonyl (C=O) groups is 1. The summed E-state index contributed by atoms with van der Waals surface area (Å²) in [6, 6.07) is 14.8. The van der Waals surface area contributed by atoms with Crippen LogP contribution < -0.4 is 5.32 Å². The van der Waals surface area contributed by atoms with Gasteiger partial charge in [-0.05, 0) is 48.6 Å². The predicted molar refractivity (Wildman–Crippen MR) is 120 cm³/mol. The number of nitrogens with one attached hydrogen (secondary N) is 1. The van der Waals surface area contributed by atoms with Crippen LogP contribution in [0.2, 0.25) is 0 Å². The molecule has 2 atom stereocenters. The maximum atomic E-state index is 13.3. The standard InChI is InChI=1S/C24H28FN3OS/c1-16(2)23(17-9-11-19(25)12-10-17)26-14-22(29)28-13-5-6-18(15-28)24-27-20-7-3-4-8-21(20)30-24/h3-4,7-12,16,18,23,26H,5-6,13-15H2,1-2H3/t18-,23-/m1/s1. The zero-order chi connectivity index (χ0) is 21.1. The summed E-state index contributed by atoms with van der Waals surface area (Å²) in [5.41, 5.74) is 2.05. The third-order valence-electron chi connectivity index (χ3n) is 5.80. The number of piperidine rings is 1. The van der Waals surface area contributed by atoms with E-state index in [0.29, 0.717) is 11.8 Å². The second-order valence-electron chi connectivity index (χ2n) is 8.35. The van der Waals surface area contributed by atoms with Gasteiger partial charge in [-0.15, -0.1) is 11.3 Å². The lowest BCUT2D eigenvalue weighted by Crippen LogP contribution is -2.44. The van der Waals surface area contributed by atoms with Crippen LogP contribution in [0.5, 0.6) is 0 Å². The highest BCUT2D eigenvalue weighted by Gasteiger charge is 2.27. The number of benzene rings is 2. The number of fused-ring (bicyclic) bond motifs is 1. The molecule has 1 aliphatic rings. The van der Waals surface area contributed by atoms with Gasteiger partial charge in [-0.3, -0.25) is 4.79 Å². The van der Waals surface area contributed by atoms with Gasteiger partial charge in [0.2, 0.25) is 5.91 Å². The van der Waals surface area contributed by atoms with E-state index in [1.807, 2.05) is 23.1 Å². The van der Waals surface area contributed by atoms with Crippen LogP contribution in [0.4, 0.5) is 4.39 Å². The third-order valence-corrected chi connectivity index (χ3v) is 7.00. The molecule has 0 saturated carbocycles. The molecule has 1 aromatic heterocycles. The average Bonchev–Trinajstić information content (AvgIpc) is 3.19. The molecule has 158 valence electrons. The van der Waals surface area contributed by atoms with E-state index >= 15 is 0 Å². The number of thiazole rings is 1. The first-order valence-electron chi connectivity index (χ1n) is 10.6. The number of likely N-dealkylation sites (tertiary alicyclic amines) is 1. The monoisotopic (exact) mass is 425 g/mol. The van der Waals surface area contributed by atoms with Crippen molar-refractivity contribution in [3.8, 4) is 0 Å². The van der Waals surface area contributed by atoms with Crippen LogP contribution in [0.1, 0.15) is 49.2 Å². The van der Waals surface area contributed by atoms with Crippen LogP contribution in [0.25, 0.3) is 10.2 Å². The molecule has 1 aliphatic heterocycles. The molecule has 4 nitrogen and oxygen atoms in total. The second-order valence-corrected chi connectivity index (χ2v) is 9.42. The molecule has 2 aromatic carbocycles. The lowest BCUT2D eigenvalue weighted by molar-refractivity contribution is -0.131. The van der Waals surface area contributed by atoms with Crippen LogP contribution in [-0.4, -0.2) is 35.4 Å². The van der Waals surface area contributed by atoms with Crippen molar-refractivity contribution < 1.29 is 9.18 Å². The van der Waals surface area contributed by atoms with Crippen molar-refractivity contribution in [3.63, 3.8) is 0 Å². The minimum atomic E-state index is -0.244. The van der Waals surface area contributed by atoms with E-state index in [1.165, 1.54) is 16.8 Å². The quantitative estimate of drug-likeness (QED) is 0.596. The van der Waals surface area contributed by atoms with E-state index in [0.717, 1.165) is 42.0 Å². The maximum absolute atomic E-state index is 13.3. The Morgan fingerprint density at radius 1 is 1.23 bits per heavy atom. The lowest BCUT2D eigenvalue weighted by Gasteiger charge is -2.33. The number of rotatable bonds is 6. The molecular weight excluding hydrogens is 397 g/mol. The van der Waals surface area contributed by atoms with Gasteiger partial charge in [-0.2, -0.15) is 0 Å². The number of para-hydroxylation sites is 1. The number of aromatic nitrogens is 1. The van der Waals surface area contributed by atoms with Crippen molar-refractivity contribution >= 4 is 27.5 Å². The van der Waals surface area contributed by atoms with Crippen molar-refractivity contribution in [2.75, 3.05) is 19.6 Å². The summed E-state index contributed by atoms with van der Waals surface area (Å²) in [5.74, 6) is 0.471. The van der Waals surface area contributed by atoms with Crippen LogP contribution in [0.15, 0.2) is 48.5 Å². The van der Waals surface area contributed by atoms with Crippen LogP contribution >= 0.6 is 11.3 Å². The Morgan fingerprint density at radius 2 is 2.00 bits per heavy atom. The summed E-state index contributed by atoms with van der Waals surface area (Å²) < 4.78 is 14.5. The summed E-state index contributed by atoms with van der Waals surface area (Å²) in [6.07, 6.45) is 2.07. The van der Waals surface area contributed by atoms with Crippen LogP contribution in [0.3, 0.4) is 0 Å². The fourth-order valence-electron chi connectivity index (χ4n) is 4.19. The lowest BCUT2D eigenvalue weighted by atomic mass is 9.96. The SMILES string of the molecule is CC(C)[C@@H](NCC(=O)N1CCC[C@@H](c2nc3ccccc3s2)C1)c1ccc(F)cc1. The topological polar surface area (TPSA) is 45.2 Å². The van der Waals surface area contributed by atoms with Gasteiger partial charge in [0.1, 0.15) is 5.82 Å². The van der Waals surface area contributed by atoms with Crippen molar-refractivity contribution in [1.82, 2.24) is 15.2 Å². The Kier molecular flexibility index (Phi) is 6.44. The van der Waals surface area contributed by atoms with Crippen LogP contribution in [-0.2, 0) is 4.79 Å². The molecule has 30 heavy (non-hydrogen) atoms. The van der Waals surface area contributed by atoms with Gasteiger partial charge in [-0.25, -0.2) is 9.37 Å². The summed E-state index contributed by atoms with van der Waals surface area (Å²) in [5, 5.41) is 4.53. The Morgan fingerprint density at radius 3 is 2.73 bits per heavy atom. The first kappa shape index (κ1) is 20.9. The van der Waals surface area contributed by atoms with E-state index in [2.05, 4.69) is 25.2 Å². The fraction of sp³-hybridized carbons (Fsp3) is 0.417. The van der Waals surface area contributed by atoms with Gasteiger partial charge in [0, 0.05) is 25.0 Å². The minimum Gasteiger partial charge on any atom is -0.341 e. The second kappa shape index (κ2) is 9.23. The summed E-state index contributed by atoms with van der Waals surface area (Å²) in [6.45, 7) is 6.02. The average molecular weight is 426 g/mol. The highest BCUT2D eigenvalue weighted by Crippen LogP contribution is 2.33. The van der Waals surface area contributed by atoms with E-state index in [4.69, 9.17) is 4.98 Å². The molecule has 4 rings (SSSR count). The normalized spacial score (nSPS) is 18.1. The first-order valence-corrected chi connectivity index (χ1v) is 11.4. The highest BCUT2D eigenvalue weighted by atomic mass is 32.1. The predicted octanol–water partition coefficient (Wildman–Crippen LogP) is 5.13. The van der Waals surface area contributed by atoms with Crippen molar-refractivity contribution in [2.24, 2.45) is 5.92 Å². The number of hydrogen-bond acceptors (Lipinski definition) is 4. The van der Waals surface area contributed by atoms with Gasteiger partial charge < -0.3 is 10.2 Å². The number of nitrogens with zero attached hydrogens (tertiary/aromatic N) is 2. The van der Waals surface area contributed by atoms with Crippen molar-refractivity contribution in [1.29, 1.82) is 0 Å². The summed E-state index contributed by atoms with van der Waals surface area (Å²) in [7, 11) is 0. The van der Waals surface area contributed by atoms with Gasteiger partial charge in [0.15, 0.2) is 0 Å². The van der Waals surface area contributed by atoms with Gasteiger partial charge in [-0.1, -0.05) is 38.1 Å².